The Morgan fingerprint density at radius 2 is 1.94 bits per heavy atom. The molecule has 1 saturated heterocycles. The van der Waals surface area contributed by atoms with E-state index < -0.39 is 22.9 Å². The molecular formula is C22H29N5O5. The smallest absolute Gasteiger partial charge is 0.410 e. The zero-order valence-electron chi connectivity index (χ0n) is 18.8. The number of amides is 2. The van der Waals surface area contributed by atoms with Crippen molar-refractivity contribution in [3.8, 4) is 0 Å². The largest absolute Gasteiger partial charge is 0.444 e. The zero-order valence-corrected chi connectivity index (χ0v) is 18.8. The van der Waals surface area contributed by atoms with Gasteiger partial charge in [-0.05, 0) is 52.0 Å². The molecule has 0 radical (unpaired) electrons. The summed E-state index contributed by atoms with van der Waals surface area (Å²) in [6, 6.07) is 1.24. The third-order valence-electron chi connectivity index (χ3n) is 5.88. The van der Waals surface area contributed by atoms with Gasteiger partial charge in [0.2, 0.25) is 0 Å². The quantitative estimate of drug-likeness (QED) is 0.745. The van der Waals surface area contributed by atoms with Gasteiger partial charge in [-0.2, -0.15) is 0 Å². The van der Waals surface area contributed by atoms with Crippen LogP contribution < -0.4 is 16.6 Å². The molecule has 2 N–H and O–H groups in total. The first kappa shape index (κ1) is 22.0. The maximum Gasteiger partial charge on any atom is 0.410 e. The van der Waals surface area contributed by atoms with E-state index in [1.165, 1.54) is 16.8 Å². The molecule has 1 aliphatic carbocycles. The van der Waals surface area contributed by atoms with Crippen LogP contribution in [0.3, 0.4) is 0 Å². The lowest BCUT2D eigenvalue weighted by atomic mass is 9.93. The molecule has 2 fully saturated rings. The third-order valence-corrected chi connectivity index (χ3v) is 5.88. The lowest BCUT2D eigenvalue weighted by Gasteiger charge is -2.38. The predicted octanol–water partition coefficient (Wildman–Crippen LogP) is 1.79. The van der Waals surface area contributed by atoms with Crippen LogP contribution in [0.4, 0.5) is 4.79 Å². The third kappa shape index (κ3) is 4.53. The van der Waals surface area contributed by atoms with Crippen LogP contribution in [0.5, 0.6) is 0 Å². The summed E-state index contributed by atoms with van der Waals surface area (Å²) >= 11 is 0. The molecule has 1 saturated carbocycles. The van der Waals surface area contributed by atoms with E-state index in [1.54, 1.807) is 4.90 Å². The van der Waals surface area contributed by atoms with Crippen LogP contribution in [0.25, 0.3) is 11.0 Å². The number of nitrogens with one attached hydrogen (secondary N) is 2. The van der Waals surface area contributed by atoms with Crippen LogP contribution in [-0.2, 0) is 4.74 Å². The zero-order chi connectivity index (χ0) is 23.2. The van der Waals surface area contributed by atoms with Crippen molar-refractivity contribution in [1.82, 2.24) is 24.8 Å². The van der Waals surface area contributed by atoms with Gasteiger partial charge in [0.05, 0.1) is 10.9 Å². The highest BCUT2D eigenvalue weighted by atomic mass is 16.6. The first-order valence-corrected chi connectivity index (χ1v) is 11.0. The molecule has 2 aromatic heterocycles. The first-order chi connectivity index (χ1) is 15.0. The first-order valence-electron chi connectivity index (χ1n) is 11.0. The molecule has 2 aromatic rings. The van der Waals surface area contributed by atoms with E-state index in [0.29, 0.717) is 18.7 Å². The van der Waals surface area contributed by atoms with Gasteiger partial charge in [0.25, 0.3) is 11.5 Å². The number of piperidine rings is 1. The summed E-state index contributed by atoms with van der Waals surface area (Å²) < 4.78 is 6.94. The highest BCUT2D eigenvalue weighted by molar-refractivity contribution is 5.97. The number of likely N-dealkylation sites (tertiary alicyclic amines) is 1. The number of ether oxygens (including phenoxy) is 1. The van der Waals surface area contributed by atoms with Crippen LogP contribution in [0.2, 0.25) is 0 Å². The summed E-state index contributed by atoms with van der Waals surface area (Å²) in [4.78, 5) is 58.1. The maximum absolute atomic E-state index is 13.0. The Balaban J connectivity index is 1.53. The summed E-state index contributed by atoms with van der Waals surface area (Å²) in [5.74, 6) is -0.222. The molecule has 10 nitrogen and oxygen atoms in total. The number of rotatable bonds is 3. The van der Waals surface area contributed by atoms with Crippen molar-refractivity contribution in [2.75, 3.05) is 13.1 Å². The minimum Gasteiger partial charge on any atom is -0.444 e. The van der Waals surface area contributed by atoms with Gasteiger partial charge in [-0.25, -0.2) is 14.6 Å². The average molecular weight is 444 g/mol. The highest BCUT2D eigenvalue weighted by Gasteiger charge is 2.33. The Morgan fingerprint density at radius 3 is 2.59 bits per heavy atom. The lowest BCUT2D eigenvalue weighted by molar-refractivity contribution is 0.0146. The van der Waals surface area contributed by atoms with Crippen LogP contribution >= 0.6 is 0 Å². The van der Waals surface area contributed by atoms with E-state index in [1.807, 2.05) is 27.7 Å². The van der Waals surface area contributed by atoms with Crippen molar-refractivity contribution in [2.24, 2.45) is 5.92 Å². The summed E-state index contributed by atoms with van der Waals surface area (Å²) in [6.07, 6.45) is 3.43. The molecule has 0 unspecified atom stereocenters. The monoisotopic (exact) mass is 443 g/mol. The minimum absolute atomic E-state index is 0.0379. The minimum atomic E-state index is -0.593. The number of aromatic amines is 1. The fourth-order valence-corrected chi connectivity index (χ4v) is 3.93. The van der Waals surface area contributed by atoms with Gasteiger partial charge < -0.3 is 15.0 Å². The molecule has 10 heteroatoms. The molecule has 3 heterocycles. The second-order valence-electron chi connectivity index (χ2n) is 9.73. The predicted molar refractivity (Wildman–Crippen MR) is 118 cm³/mol. The number of hydrogen-bond donors (Lipinski definition) is 2. The summed E-state index contributed by atoms with van der Waals surface area (Å²) in [5, 5.41) is 3.17. The Morgan fingerprint density at radius 1 is 1.22 bits per heavy atom. The van der Waals surface area contributed by atoms with Crippen molar-refractivity contribution < 1.29 is 14.3 Å². The van der Waals surface area contributed by atoms with Gasteiger partial charge in [0.1, 0.15) is 11.2 Å². The number of fused-ring (bicyclic) bond motifs is 1. The standard InChI is InChI=1S/C22H29N5O5/c1-12-7-8-26(21(31)32-22(2,3)4)11-16(12)24-18(28)13-9-15-17(23-10-13)27(14-5-6-14)20(30)25-19(15)29/h9-10,12,14,16H,5-8,11H2,1-4H3,(H,24,28)(H,25,29,30)/t12-,16+/m1/s1. The maximum atomic E-state index is 13.0. The number of H-pyrrole nitrogens is 1. The van der Waals surface area contributed by atoms with E-state index in [4.69, 9.17) is 4.74 Å². The van der Waals surface area contributed by atoms with E-state index in [-0.39, 0.29) is 34.9 Å². The average Bonchev–Trinajstić information content (AvgIpc) is 3.53. The van der Waals surface area contributed by atoms with Gasteiger partial charge in [-0.3, -0.25) is 19.1 Å². The van der Waals surface area contributed by atoms with Crippen molar-refractivity contribution >= 4 is 23.0 Å². The summed E-state index contributed by atoms with van der Waals surface area (Å²) in [5.41, 5.74) is -1.12. The Kier molecular flexibility index (Phi) is 5.56. The van der Waals surface area contributed by atoms with Crippen LogP contribution in [0.1, 0.15) is 63.4 Å². The van der Waals surface area contributed by atoms with Gasteiger partial charge >= 0.3 is 11.8 Å². The van der Waals surface area contributed by atoms with Gasteiger partial charge in [-0.15, -0.1) is 0 Å². The molecule has 2 aliphatic rings. The lowest BCUT2D eigenvalue weighted by Crippen LogP contribution is -2.54. The normalized spacial score (nSPS) is 21.4. The van der Waals surface area contributed by atoms with E-state index >= 15 is 0 Å². The SMILES string of the molecule is C[C@@H]1CCN(C(=O)OC(C)(C)C)C[C@@H]1NC(=O)c1cnc2c(c1)c(=O)[nH]c(=O)n2C1CC1. The second-order valence-corrected chi connectivity index (χ2v) is 9.73. The van der Waals surface area contributed by atoms with Crippen LogP contribution in [0, 0.1) is 5.92 Å². The fraction of sp³-hybridized carbons (Fsp3) is 0.591. The molecule has 4 rings (SSSR count). The van der Waals surface area contributed by atoms with Gasteiger partial charge in [-0.1, -0.05) is 6.92 Å². The summed E-state index contributed by atoms with van der Waals surface area (Å²) in [6.45, 7) is 8.36. The van der Waals surface area contributed by atoms with Crippen LogP contribution in [0.15, 0.2) is 21.9 Å². The molecule has 2 atom stereocenters. The Labute approximate surface area is 185 Å². The van der Waals surface area contributed by atoms with Crippen molar-refractivity contribution in [3.63, 3.8) is 0 Å². The molecule has 0 aromatic carbocycles. The number of aromatic nitrogens is 3. The number of hydrogen-bond acceptors (Lipinski definition) is 6. The number of nitrogens with zero attached hydrogens (tertiary/aromatic N) is 3. The molecule has 32 heavy (non-hydrogen) atoms. The molecular weight excluding hydrogens is 414 g/mol. The Hall–Kier alpha value is -3.17. The summed E-state index contributed by atoms with van der Waals surface area (Å²) in [7, 11) is 0. The highest BCUT2D eigenvalue weighted by Crippen LogP contribution is 2.34. The molecule has 2 amide bonds. The molecule has 172 valence electrons. The Bertz CT molecular complexity index is 1170. The molecule has 0 spiro atoms. The molecule has 0 bridgehead atoms. The van der Waals surface area contributed by atoms with Crippen LogP contribution in [-0.4, -0.2) is 56.2 Å². The van der Waals surface area contributed by atoms with Gasteiger partial charge in [0, 0.05) is 31.4 Å². The number of carbonyl (C=O) groups excluding carboxylic acids is 2. The number of carbonyl (C=O) groups is 2. The number of pyridine rings is 1. The van der Waals surface area contributed by atoms with Crippen molar-refractivity contribution in [1.29, 1.82) is 0 Å². The van der Waals surface area contributed by atoms with E-state index in [0.717, 1.165) is 19.3 Å². The topological polar surface area (TPSA) is 126 Å². The fourth-order valence-electron chi connectivity index (χ4n) is 3.93. The van der Waals surface area contributed by atoms with Crippen molar-refractivity contribution in [2.45, 2.75) is 64.6 Å². The van der Waals surface area contributed by atoms with E-state index in [2.05, 4.69) is 15.3 Å². The van der Waals surface area contributed by atoms with Gasteiger partial charge in [0.15, 0.2) is 0 Å². The second kappa shape index (κ2) is 8.07. The van der Waals surface area contributed by atoms with E-state index in [9.17, 15) is 19.2 Å². The van der Waals surface area contributed by atoms with Crippen molar-refractivity contribution in [3.05, 3.63) is 38.7 Å². The molecule has 1 aliphatic heterocycles.